The van der Waals surface area contributed by atoms with Gasteiger partial charge in [0, 0.05) is 53.7 Å². The first-order valence-electron chi connectivity index (χ1n) is 8.33. The smallest absolute Gasteiger partial charge is 0.340 e. The van der Waals surface area contributed by atoms with Crippen molar-refractivity contribution in [2.24, 2.45) is 0 Å². The van der Waals surface area contributed by atoms with Gasteiger partial charge >= 0.3 is 6.03 Å². The van der Waals surface area contributed by atoms with Gasteiger partial charge in [-0.05, 0) is 30.3 Å². The Hall–Kier alpha value is -3.15. The summed E-state index contributed by atoms with van der Waals surface area (Å²) in [5.41, 5.74) is 5.12. The molecule has 0 saturated heterocycles. The number of hydrazine groups is 1. The maximum atomic E-state index is 12.6. The molecule has 0 bridgehead atoms. The first kappa shape index (κ1) is 19.6. The number of hydrogen-bond donors (Lipinski definition) is 1. The molecule has 3 aromatic rings. The normalized spacial score (nSPS) is 11.5. The minimum atomic E-state index is -0.320. The predicted molar refractivity (Wildman–Crippen MR) is 112 cm³/mol. The second-order valence-electron chi connectivity index (χ2n) is 6.17. The molecule has 0 aliphatic rings. The monoisotopic (exact) mass is 439 g/mol. The Bertz CT molecular complexity index is 1110. The van der Waals surface area contributed by atoms with Crippen LogP contribution in [0.2, 0.25) is 0 Å². The van der Waals surface area contributed by atoms with E-state index < -0.39 is 0 Å². The van der Waals surface area contributed by atoms with Crippen LogP contribution >= 0.6 is 15.9 Å². The van der Waals surface area contributed by atoms with Crippen LogP contribution < -0.4 is 10.2 Å². The van der Waals surface area contributed by atoms with Gasteiger partial charge in [-0.1, -0.05) is 15.9 Å². The molecule has 2 heterocycles. The van der Waals surface area contributed by atoms with E-state index in [4.69, 9.17) is 4.74 Å². The number of nitriles is 1. The third-order valence-electron chi connectivity index (χ3n) is 4.05. The van der Waals surface area contributed by atoms with E-state index in [9.17, 15) is 10.1 Å². The molecule has 1 N–H and O–H groups in total. The molecular weight excluding hydrogens is 422 g/mol. The summed E-state index contributed by atoms with van der Waals surface area (Å²) in [5.74, 6) is 0.609. The van der Waals surface area contributed by atoms with Crippen LogP contribution in [0.15, 0.2) is 47.3 Å². The van der Waals surface area contributed by atoms with Crippen molar-refractivity contribution < 1.29 is 9.53 Å². The molecule has 1 aromatic carbocycles. The average Bonchev–Trinajstić information content (AvgIpc) is 3.04. The molecule has 0 aliphatic carbocycles. The Morgan fingerprint density at radius 2 is 2.18 bits per heavy atom. The fraction of sp³-hybridized carbons (Fsp3) is 0.150. The number of carbonyl (C=O) groups excluding carboxylic acids is 1. The van der Waals surface area contributed by atoms with Gasteiger partial charge in [0.1, 0.15) is 5.75 Å². The molecule has 1 amide bonds. The van der Waals surface area contributed by atoms with E-state index in [1.54, 1.807) is 56.9 Å². The minimum Gasteiger partial charge on any atom is -0.496 e. The van der Waals surface area contributed by atoms with Gasteiger partial charge in [-0.2, -0.15) is 5.26 Å². The summed E-state index contributed by atoms with van der Waals surface area (Å²) in [6, 6.07) is 9.21. The summed E-state index contributed by atoms with van der Waals surface area (Å²) in [5, 5.41) is 12.2. The van der Waals surface area contributed by atoms with Crippen molar-refractivity contribution in [3.8, 4) is 11.8 Å². The molecule has 0 radical (unpaired) electrons. The zero-order chi connectivity index (χ0) is 20.3. The minimum absolute atomic E-state index is 0.320. The molecule has 0 unspecified atom stereocenters. The Morgan fingerprint density at radius 3 is 2.86 bits per heavy atom. The number of rotatable bonds is 4. The zero-order valence-electron chi connectivity index (χ0n) is 15.6. The van der Waals surface area contributed by atoms with Gasteiger partial charge < -0.3 is 4.74 Å². The Morgan fingerprint density at radius 1 is 1.39 bits per heavy atom. The highest BCUT2D eigenvalue weighted by atomic mass is 79.9. The number of nitrogens with one attached hydrogen (secondary N) is 1. The fourth-order valence-electron chi connectivity index (χ4n) is 2.84. The van der Waals surface area contributed by atoms with Gasteiger partial charge in [0.25, 0.3) is 0 Å². The number of benzene rings is 1. The van der Waals surface area contributed by atoms with E-state index in [1.807, 2.05) is 18.2 Å². The maximum Gasteiger partial charge on any atom is 0.340 e. The summed E-state index contributed by atoms with van der Waals surface area (Å²) in [4.78, 5) is 16.7. The number of halogens is 1. The third-order valence-corrected chi connectivity index (χ3v) is 4.54. The van der Waals surface area contributed by atoms with E-state index in [-0.39, 0.29) is 6.03 Å². The standard InChI is InChI=1S/C20H18BrN5O2/c1-25(2)24-20(27)26-12-17(16-9-15(21)4-5-18(16)26)13(10-22)8-14-11-23-7-6-19(14)28-3/h4-9,11-12H,1-3H3,(H,24,27)/b13-8+. The summed E-state index contributed by atoms with van der Waals surface area (Å²) in [6.07, 6.45) is 6.62. The largest absolute Gasteiger partial charge is 0.496 e. The van der Waals surface area contributed by atoms with Crippen LogP contribution in [0.25, 0.3) is 22.6 Å². The molecular formula is C20H18BrN5O2. The van der Waals surface area contributed by atoms with Crippen LogP contribution in [-0.2, 0) is 0 Å². The summed E-state index contributed by atoms with van der Waals surface area (Å²) in [6.45, 7) is 0. The summed E-state index contributed by atoms with van der Waals surface area (Å²) in [7, 11) is 5.03. The molecule has 142 valence electrons. The van der Waals surface area contributed by atoms with Gasteiger partial charge in [-0.3, -0.25) is 15.0 Å². The number of allylic oxidation sites excluding steroid dienone is 1. The Balaban J connectivity index is 2.21. The van der Waals surface area contributed by atoms with E-state index in [0.717, 1.165) is 9.86 Å². The fourth-order valence-corrected chi connectivity index (χ4v) is 3.21. The lowest BCUT2D eigenvalue weighted by molar-refractivity contribution is 0.215. The Kier molecular flexibility index (Phi) is 5.78. The second-order valence-corrected chi connectivity index (χ2v) is 7.09. The molecule has 2 aromatic heterocycles. The lowest BCUT2D eigenvalue weighted by Gasteiger charge is -2.12. The molecule has 0 fully saturated rings. The van der Waals surface area contributed by atoms with E-state index in [1.165, 1.54) is 4.57 Å². The van der Waals surface area contributed by atoms with Gasteiger partial charge in [0.05, 0.1) is 24.3 Å². The number of aromatic nitrogens is 2. The van der Waals surface area contributed by atoms with Crippen LogP contribution in [-0.4, -0.2) is 41.8 Å². The molecule has 7 nitrogen and oxygen atoms in total. The lowest BCUT2D eigenvalue weighted by Crippen LogP contribution is -2.38. The molecule has 0 aliphatic heterocycles. The number of pyridine rings is 1. The average molecular weight is 440 g/mol. The number of hydrogen-bond acceptors (Lipinski definition) is 5. The molecule has 0 atom stereocenters. The zero-order valence-corrected chi connectivity index (χ0v) is 17.2. The van der Waals surface area contributed by atoms with Crippen LogP contribution in [0.3, 0.4) is 0 Å². The number of methoxy groups -OCH3 is 1. The van der Waals surface area contributed by atoms with Crippen LogP contribution in [0.1, 0.15) is 11.1 Å². The first-order valence-corrected chi connectivity index (χ1v) is 9.13. The molecule has 3 rings (SSSR count). The highest BCUT2D eigenvalue weighted by Crippen LogP contribution is 2.32. The predicted octanol–water partition coefficient (Wildman–Crippen LogP) is 3.91. The molecule has 0 spiro atoms. The van der Waals surface area contributed by atoms with Crippen LogP contribution in [0.5, 0.6) is 5.75 Å². The number of amides is 1. The van der Waals surface area contributed by atoms with Crippen molar-refractivity contribution in [1.29, 1.82) is 5.26 Å². The number of fused-ring (bicyclic) bond motifs is 1. The van der Waals surface area contributed by atoms with Gasteiger partial charge in [0.15, 0.2) is 0 Å². The third kappa shape index (κ3) is 3.91. The van der Waals surface area contributed by atoms with Crippen molar-refractivity contribution in [1.82, 2.24) is 20.0 Å². The van der Waals surface area contributed by atoms with Crippen molar-refractivity contribution in [2.45, 2.75) is 0 Å². The number of nitrogens with zero attached hydrogens (tertiary/aromatic N) is 4. The quantitative estimate of drug-likeness (QED) is 0.492. The maximum absolute atomic E-state index is 12.6. The van der Waals surface area contributed by atoms with Gasteiger partial charge in [-0.25, -0.2) is 9.80 Å². The van der Waals surface area contributed by atoms with Crippen molar-refractivity contribution >= 4 is 44.5 Å². The van der Waals surface area contributed by atoms with Gasteiger partial charge in [-0.15, -0.1) is 0 Å². The highest BCUT2D eigenvalue weighted by molar-refractivity contribution is 9.10. The van der Waals surface area contributed by atoms with Crippen molar-refractivity contribution in [3.05, 3.63) is 58.5 Å². The van der Waals surface area contributed by atoms with Crippen LogP contribution in [0.4, 0.5) is 4.79 Å². The highest BCUT2D eigenvalue weighted by Gasteiger charge is 2.17. The van der Waals surface area contributed by atoms with Crippen LogP contribution in [0, 0.1) is 11.3 Å². The summed E-state index contributed by atoms with van der Waals surface area (Å²) < 4.78 is 7.68. The topological polar surface area (TPSA) is 83.2 Å². The number of carbonyl (C=O) groups is 1. The van der Waals surface area contributed by atoms with E-state index in [0.29, 0.717) is 28.0 Å². The second kappa shape index (κ2) is 8.25. The lowest BCUT2D eigenvalue weighted by atomic mass is 10.0. The van der Waals surface area contributed by atoms with E-state index in [2.05, 4.69) is 32.4 Å². The first-order chi connectivity index (χ1) is 13.4. The van der Waals surface area contributed by atoms with Crippen molar-refractivity contribution in [2.75, 3.05) is 21.2 Å². The van der Waals surface area contributed by atoms with Crippen molar-refractivity contribution in [3.63, 3.8) is 0 Å². The SMILES string of the molecule is COc1ccncc1/C=C(\C#N)c1cn(C(=O)NN(C)C)c2ccc(Br)cc12. The van der Waals surface area contributed by atoms with Gasteiger partial charge in [0.2, 0.25) is 0 Å². The number of ether oxygens (including phenoxy) is 1. The summed E-state index contributed by atoms with van der Waals surface area (Å²) >= 11 is 3.46. The molecule has 0 saturated carbocycles. The molecule has 8 heteroatoms. The van der Waals surface area contributed by atoms with E-state index >= 15 is 0 Å². The Labute approximate surface area is 170 Å². The molecule has 28 heavy (non-hydrogen) atoms.